The van der Waals surface area contributed by atoms with Gasteiger partial charge in [-0.3, -0.25) is 4.98 Å². The van der Waals surface area contributed by atoms with Crippen LogP contribution in [0.3, 0.4) is 0 Å². The maximum atomic E-state index is 9.24. The molecule has 1 N–H and O–H groups in total. The maximum absolute atomic E-state index is 9.24. The van der Waals surface area contributed by atoms with Crippen LogP contribution in [0.1, 0.15) is 5.56 Å². The minimum Gasteiger partial charge on any atom is -0.508 e. The van der Waals surface area contributed by atoms with Crippen molar-refractivity contribution in [2.45, 2.75) is 11.0 Å². The maximum Gasteiger partial charge on any atom is 0.277 e. The third-order valence-electron chi connectivity index (χ3n) is 2.61. The number of hydrogen-bond acceptors (Lipinski definition) is 6. The Morgan fingerprint density at radius 3 is 2.70 bits per heavy atom. The Balaban J connectivity index is 1.69. The lowest BCUT2D eigenvalue weighted by Gasteiger charge is -1.96. The van der Waals surface area contributed by atoms with E-state index < -0.39 is 0 Å². The van der Waals surface area contributed by atoms with Gasteiger partial charge in [-0.25, -0.2) is 0 Å². The van der Waals surface area contributed by atoms with Gasteiger partial charge in [0.05, 0.1) is 0 Å². The third-order valence-corrected chi connectivity index (χ3v) is 3.50. The summed E-state index contributed by atoms with van der Waals surface area (Å²) >= 11 is 1.46. The van der Waals surface area contributed by atoms with Crippen molar-refractivity contribution < 1.29 is 9.52 Å². The zero-order valence-corrected chi connectivity index (χ0v) is 11.2. The Morgan fingerprint density at radius 2 is 1.95 bits per heavy atom. The Morgan fingerprint density at radius 1 is 1.10 bits per heavy atom. The SMILES string of the molecule is Oc1ccc(-c2nnc(SCc3cccnc3)o2)cc1. The zero-order chi connectivity index (χ0) is 13.8. The molecule has 100 valence electrons. The van der Waals surface area contributed by atoms with Gasteiger partial charge in [-0.15, -0.1) is 10.2 Å². The van der Waals surface area contributed by atoms with Crippen molar-refractivity contribution in [1.29, 1.82) is 0 Å². The van der Waals surface area contributed by atoms with Gasteiger partial charge in [0.1, 0.15) is 5.75 Å². The molecule has 0 atom stereocenters. The van der Waals surface area contributed by atoms with E-state index in [-0.39, 0.29) is 5.75 Å². The van der Waals surface area contributed by atoms with Crippen LogP contribution in [0.2, 0.25) is 0 Å². The van der Waals surface area contributed by atoms with Crippen molar-refractivity contribution in [3.8, 4) is 17.2 Å². The van der Waals surface area contributed by atoms with Gasteiger partial charge >= 0.3 is 0 Å². The molecule has 0 saturated heterocycles. The summed E-state index contributed by atoms with van der Waals surface area (Å²) in [7, 11) is 0. The highest BCUT2D eigenvalue weighted by molar-refractivity contribution is 7.98. The summed E-state index contributed by atoms with van der Waals surface area (Å²) in [4.78, 5) is 4.05. The second kappa shape index (κ2) is 5.75. The molecule has 0 fully saturated rings. The fourth-order valence-electron chi connectivity index (χ4n) is 1.62. The molecule has 0 radical (unpaired) electrons. The molecule has 0 aliphatic heterocycles. The van der Waals surface area contributed by atoms with E-state index in [1.54, 1.807) is 30.5 Å². The van der Waals surface area contributed by atoms with Crippen LogP contribution in [-0.4, -0.2) is 20.3 Å². The molecule has 2 heterocycles. The molecule has 0 saturated carbocycles. The lowest BCUT2D eigenvalue weighted by atomic mass is 10.2. The zero-order valence-electron chi connectivity index (χ0n) is 10.4. The van der Waals surface area contributed by atoms with Gasteiger partial charge in [-0.05, 0) is 35.9 Å². The quantitative estimate of drug-likeness (QED) is 0.742. The number of hydrogen-bond donors (Lipinski definition) is 1. The molecule has 6 heteroatoms. The normalized spacial score (nSPS) is 10.6. The van der Waals surface area contributed by atoms with E-state index in [9.17, 15) is 5.11 Å². The average Bonchev–Trinajstić information content (AvgIpc) is 2.96. The molecule has 0 amide bonds. The smallest absolute Gasteiger partial charge is 0.277 e. The summed E-state index contributed by atoms with van der Waals surface area (Å²) in [5, 5.41) is 17.7. The van der Waals surface area contributed by atoms with Crippen molar-refractivity contribution in [2.75, 3.05) is 0 Å². The van der Waals surface area contributed by atoms with E-state index in [4.69, 9.17) is 4.42 Å². The largest absolute Gasteiger partial charge is 0.508 e. The van der Waals surface area contributed by atoms with Crippen LogP contribution in [0.5, 0.6) is 5.75 Å². The van der Waals surface area contributed by atoms with Crippen molar-refractivity contribution in [3.05, 3.63) is 54.4 Å². The van der Waals surface area contributed by atoms with Gasteiger partial charge in [-0.1, -0.05) is 17.8 Å². The van der Waals surface area contributed by atoms with Crippen molar-refractivity contribution in [1.82, 2.24) is 15.2 Å². The van der Waals surface area contributed by atoms with Gasteiger partial charge in [-0.2, -0.15) is 0 Å². The third kappa shape index (κ3) is 2.97. The van der Waals surface area contributed by atoms with E-state index in [0.29, 0.717) is 11.1 Å². The van der Waals surface area contributed by atoms with E-state index in [1.165, 1.54) is 11.8 Å². The number of benzene rings is 1. The molecule has 5 nitrogen and oxygen atoms in total. The highest BCUT2D eigenvalue weighted by Gasteiger charge is 2.09. The van der Waals surface area contributed by atoms with Gasteiger partial charge in [0.25, 0.3) is 5.22 Å². The van der Waals surface area contributed by atoms with Crippen molar-refractivity contribution >= 4 is 11.8 Å². The summed E-state index contributed by atoms with van der Waals surface area (Å²) in [6.45, 7) is 0. The number of rotatable bonds is 4. The summed E-state index contributed by atoms with van der Waals surface area (Å²) < 4.78 is 5.57. The molecular weight excluding hydrogens is 274 g/mol. The first kappa shape index (κ1) is 12.7. The number of aromatic hydroxyl groups is 1. The van der Waals surface area contributed by atoms with E-state index in [2.05, 4.69) is 15.2 Å². The molecule has 0 unspecified atom stereocenters. The molecule has 0 spiro atoms. The number of pyridine rings is 1. The van der Waals surface area contributed by atoms with Gasteiger partial charge in [0.2, 0.25) is 5.89 Å². The highest BCUT2D eigenvalue weighted by Crippen LogP contribution is 2.26. The molecule has 20 heavy (non-hydrogen) atoms. The average molecular weight is 285 g/mol. The van der Waals surface area contributed by atoms with Gasteiger partial charge in [0, 0.05) is 23.7 Å². The number of aromatic nitrogens is 3. The molecule has 0 aliphatic carbocycles. The number of phenols is 1. The van der Waals surface area contributed by atoms with Crippen LogP contribution in [0.15, 0.2) is 58.4 Å². The molecule has 0 aliphatic rings. The Labute approximate surface area is 119 Å². The van der Waals surface area contributed by atoms with Crippen LogP contribution in [0, 0.1) is 0 Å². The van der Waals surface area contributed by atoms with E-state index >= 15 is 0 Å². The van der Waals surface area contributed by atoms with E-state index in [1.807, 2.05) is 18.3 Å². The monoisotopic (exact) mass is 285 g/mol. The van der Waals surface area contributed by atoms with Gasteiger partial charge < -0.3 is 9.52 Å². The van der Waals surface area contributed by atoms with Crippen LogP contribution >= 0.6 is 11.8 Å². The molecule has 3 rings (SSSR count). The molecule has 1 aromatic carbocycles. The second-order valence-corrected chi connectivity index (χ2v) is 5.00. The minimum atomic E-state index is 0.208. The summed E-state index contributed by atoms with van der Waals surface area (Å²) in [6.07, 6.45) is 3.55. The predicted octanol–water partition coefficient (Wildman–Crippen LogP) is 3.13. The van der Waals surface area contributed by atoms with Gasteiger partial charge in [0.15, 0.2) is 0 Å². The van der Waals surface area contributed by atoms with Crippen LogP contribution in [-0.2, 0) is 5.75 Å². The summed E-state index contributed by atoms with van der Waals surface area (Å²) in [5.41, 5.74) is 1.88. The van der Waals surface area contributed by atoms with Crippen LogP contribution in [0.25, 0.3) is 11.5 Å². The fourth-order valence-corrected chi connectivity index (χ4v) is 2.31. The fraction of sp³-hybridized carbons (Fsp3) is 0.0714. The lowest BCUT2D eigenvalue weighted by Crippen LogP contribution is -1.81. The number of thioether (sulfide) groups is 1. The van der Waals surface area contributed by atoms with Crippen LogP contribution < -0.4 is 0 Å². The van der Waals surface area contributed by atoms with Crippen molar-refractivity contribution in [2.24, 2.45) is 0 Å². The molecule has 2 aromatic heterocycles. The predicted molar refractivity (Wildman–Crippen MR) is 75.2 cm³/mol. The second-order valence-electron chi connectivity index (χ2n) is 4.07. The Bertz CT molecular complexity index is 683. The molecular formula is C14H11N3O2S. The summed E-state index contributed by atoms with van der Waals surface area (Å²) in [5.74, 6) is 1.38. The first-order chi connectivity index (χ1) is 9.81. The molecule has 3 aromatic rings. The Kier molecular flexibility index (Phi) is 3.64. The minimum absolute atomic E-state index is 0.208. The lowest BCUT2D eigenvalue weighted by molar-refractivity contribution is 0.465. The van der Waals surface area contributed by atoms with E-state index in [0.717, 1.165) is 16.9 Å². The first-order valence-corrected chi connectivity index (χ1v) is 6.94. The van der Waals surface area contributed by atoms with Crippen LogP contribution in [0.4, 0.5) is 0 Å². The molecule has 0 bridgehead atoms. The Hall–Kier alpha value is -2.34. The standard InChI is InChI=1S/C14H11N3O2S/c18-12-5-3-11(4-6-12)13-16-17-14(19-13)20-9-10-2-1-7-15-8-10/h1-8,18H,9H2. The topological polar surface area (TPSA) is 72.0 Å². The summed E-state index contributed by atoms with van der Waals surface area (Å²) in [6, 6.07) is 10.5. The first-order valence-electron chi connectivity index (χ1n) is 5.96. The number of phenolic OH excluding ortho intramolecular Hbond substituents is 1. The van der Waals surface area contributed by atoms with Crippen molar-refractivity contribution in [3.63, 3.8) is 0 Å². The highest BCUT2D eigenvalue weighted by atomic mass is 32.2. The number of nitrogens with zero attached hydrogens (tertiary/aromatic N) is 3.